The van der Waals surface area contributed by atoms with Crippen molar-refractivity contribution in [2.45, 2.75) is 64.6 Å². The minimum Gasteiger partial charge on any atom is -0.376 e. The summed E-state index contributed by atoms with van der Waals surface area (Å²) in [5.41, 5.74) is 0.968. The molecule has 1 heterocycles. The molecule has 0 radical (unpaired) electrons. The van der Waals surface area contributed by atoms with Gasteiger partial charge in [-0.25, -0.2) is 4.79 Å². The van der Waals surface area contributed by atoms with Crippen LogP contribution in [0.15, 0.2) is 24.3 Å². The third-order valence-electron chi connectivity index (χ3n) is 4.62. The number of hydrogen-bond donors (Lipinski definition) is 3. The summed E-state index contributed by atoms with van der Waals surface area (Å²) in [6.45, 7) is 8.71. The monoisotopic (exact) mass is 347 g/mol. The Morgan fingerprint density at radius 3 is 2.52 bits per heavy atom. The summed E-state index contributed by atoms with van der Waals surface area (Å²) in [5, 5.41) is 8.66. The zero-order valence-electron chi connectivity index (χ0n) is 15.5. The van der Waals surface area contributed by atoms with Gasteiger partial charge in [0.15, 0.2) is 0 Å². The quantitative estimate of drug-likeness (QED) is 0.739. The lowest BCUT2D eigenvalue weighted by molar-refractivity contribution is 0.0868. The first-order chi connectivity index (χ1) is 11.8. The molecule has 0 aliphatic carbocycles. The maximum Gasteiger partial charge on any atom is 0.319 e. The van der Waals surface area contributed by atoms with Crippen LogP contribution in [0.1, 0.15) is 57.3 Å². The normalized spacial score (nSPS) is 18.5. The lowest BCUT2D eigenvalue weighted by Gasteiger charge is -2.24. The highest BCUT2D eigenvalue weighted by Crippen LogP contribution is 2.16. The maximum absolute atomic E-state index is 12.2. The second-order valence-electron chi connectivity index (χ2n) is 7.21. The number of carbonyl (C=O) groups is 2. The van der Waals surface area contributed by atoms with Gasteiger partial charge >= 0.3 is 6.03 Å². The Labute approximate surface area is 149 Å². The van der Waals surface area contributed by atoms with Gasteiger partial charge in [0.2, 0.25) is 0 Å². The van der Waals surface area contributed by atoms with E-state index in [1.165, 1.54) is 0 Å². The van der Waals surface area contributed by atoms with E-state index < -0.39 is 0 Å². The van der Waals surface area contributed by atoms with E-state index in [1.54, 1.807) is 24.3 Å². The highest BCUT2D eigenvalue weighted by Gasteiger charge is 2.23. The van der Waals surface area contributed by atoms with Gasteiger partial charge in [-0.1, -0.05) is 6.92 Å². The van der Waals surface area contributed by atoms with Gasteiger partial charge in [-0.2, -0.15) is 0 Å². The van der Waals surface area contributed by atoms with Crippen molar-refractivity contribution in [3.63, 3.8) is 0 Å². The van der Waals surface area contributed by atoms with E-state index in [-0.39, 0.29) is 29.6 Å². The minimum atomic E-state index is -0.271. The molecule has 138 valence electrons. The predicted molar refractivity (Wildman–Crippen MR) is 98.9 cm³/mol. The molecule has 2 rings (SSSR count). The second kappa shape index (κ2) is 8.34. The Morgan fingerprint density at radius 2 is 1.96 bits per heavy atom. The molecule has 3 N–H and O–H groups in total. The first-order valence-corrected chi connectivity index (χ1v) is 8.92. The number of benzene rings is 1. The van der Waals surface area contributed by atoms with Crippen LogP contribution in [0, 0.1) is 0 Å². The maximum atomic E-state index is 12.2. The highest BCUT2D eigenvalue weighted by molar-refractivity contribution is 5.96. The predicted octanol–water partition coefficient (Wildman–Crippen LogP) is 3.29. The van der Waals surface area contributed by atoms with Gasteiger partial charge in [0.25, 0.3) is 5.91 Å². The number of amides is 3. The molecular formula is C19H29N3O3. The topological polar surface area (TPSA) is 79.5 Å². The van der Waals surface area contributed by atoms with Crippen molar-refractivity contribution in [2.75, 3.05) is 11.9 Å². The van der Waals surface area contributed by atoms with Crippen molar-refractivity contribution >= 4 is 17.6 Å². The Hall–Kier alpha value is -2.08. The molecule has 3 amide bonds. The molecule has 1 aromatic rings. The molecule has 25 heavy (non-hydrogen) atoms. The summed E-state index contributed by atoms with van der Waals surface area (Å²) >= 11 is 0. The van der Waals surface area contributed by atoms with Crippen LogP contribution in [-0.2, 0) is 4.74 Å². The smallest absolute Gasteiger partial charge is 0.319 e. The fraction of sp³-hybridized carbons (Fsp3) is 0.579. The molecule has 0 saturated carbocycles. The molecule has 1 fully saturated rings. The average Bonchev–Trinajstić information content (AvgIpc) is 3.09. The van der Waals surface area contributed by atoms with E-state index in [4.69, 9.17) is 4.74 Å². The summed E-state index contributed by atoms with van der Waals surface area (Å²) in [5.74, 6) is -0.116. The van der Waals surface area contributed by atoms with Crippen LogP contribution >= 0.6 is 0 Å². The fourth-order valence-electron chi connectivity index (χ4n) is 2.64. The van der Waals surface area contributed by atoms with Crippen LogP contribution < -0.4 is 16.0 Å². The van der Waals surface area contributed by atoms with Crippen LogP contribution in [-0.4, -0.2) is 36.2 Å². The summed E-state index contributed by atoms with van der Waals surface area (Å²) < 4.78 is 5.57. The van der Waals surface area contributed by atoms with E-state index in [1.807, 2.05) is 27.7 Å². The fourth-order valence-corrected chi connectivity index (χ4v) is 2.64. The Kier molecular flexibility index (Phi) is 6.42. The van der Waals surface area contributed by atoms with Crippen molar-refractivity contribution in [1.29, 1.82) is 0 Å². The van der Waals surface area contributed by atoms with E-state index in [0.717, 1.165) is 25.9 Å². The molecule has 1 aliphatic rings. The first kappa shape index (κ1) is 19.2. The molecule has 0 spiro atoms. The Bertz CT molecular complexity index is 592. The van der Waals surface area contributed by atoms with Gasteiger partial charge in [-0.15, -0.1) is 0 Å². The van der Waals surface area contributed by atoms with Gasteiger partial charge in [0, 0.05) is 23.4 Å². The molecule has 0 unspecified atom stereocenters. The molecule has 1 saturated heterocycles. The van der Waals surface area contributed by atoms with Crippen molar-refractivity contribution in [3.8, 4) is 0 Å². The number of urea groups is 1. The lowest BCUT2D eigenvalue weighted by Crippen LogP contribution is -2.43. The van der Waals surface area contributed by atoms with Gasteiger partial charge in [-0.3, -0.25) is 4.79 Å². The zero-order valence-corrected chi connectivity index (χ0v) is 15.5. The Balaban J connectivity index is 1.87. The molecule has 2 atom stereocenters. The number of anilines is 1. The van der Waals surface area contributed by atoms with Gasteiger partial charge in [0.05, 0.1) is 12.1 Å². The van der Waals surface area contributed by atoms with Crippen LogP contribution in [0.5, 0.6) is 0 Å². The SMILES string of the molecule is CCC(C)(C)NC(=O)c1ccc(NC(=O)N[C@H](C)[C@H]2CCCO2)cc1. The van der Waals surface area contributed by atoms with E-state index in [9.17, 15) is 9.59 Å². The lowest BCUT2D eigenvalue weighted by atomic mass is 10.0. The largest absolute Gasteiger partial charge is 0.376 e. The zero-order chi connectivity index (χ0) is 18.4. The average molecular weight is 347 g/mol. The van der Waals surface area contributed by atoms with E-state index >= 15 is 0 Å². The van der Waals surface area contributed by atoms with E-state index in [2.05, 4.69) is 16.0 Å². The van der Waals surface area contributed by atoms with Crippen molar-refractivity contribution in [1.82, 2.24) is 10.6 Å². The minimum absolute atomic E-state index is 0.0381. The molecule has 6 heteroatoms. The summed E-state index contributed by atoms with van der Waals surface area (Å²) in [6, 6.07) is 6.56. The van der Waals surface area contributed by atoms with Gasteiger partial charge in [-0.05, 0) is 64.3 Å². The van der Waals surface area contributed by atoms with Gasteiger partial charge < -0.3 is 20.7 Å². The van der Waals surface area contributed by atoms with Crippen LogP contribution in [0.3, 0.4) is 0 Å². The van der Waals surface area contributed by atoms with Crippen molar-refractivity contribution in [2.24, 2.45) is 0 Å². The molecule has 1 aromatic carbocycles. The Morgan fingerprint density at radius 1 is 1.28 bits per heavy atom. The number of hydrogen-bond acceptors (Lipinski definition) is 3. The summed E-state index contributed by atoms with van der Waals surface area (Å²) in [4.78, 5) is 24.3. The third kappa shape index (κ3) is 5.74. The van der Waals surface area contributed by atoms with Crippen LogP contribution in [0.25, 0.3) is 0 Å². The van der Waals surface area contributed by atoms with Crippen molar-refractivity contribution < 1.29 is 14.3 Å². The summed E-state index contributed by atoms with van der Waals surface area (Å²) in [7, 11) is 0. The second-order valence-corrected chi connectivity index (χ2v) is 7.21. The highest BCUT2D eigenvalue weighted by atomic mass is 16.5. The number of ether oxygens (including phenoxy) is 1. The summed E-state index contributed by atoms with van der Waals surface area (Å²) in [6.07, 6.45) is 2.94. The van der Waals surface area contributed by atoms with Gasteiger partial charge in [0.1, 0.15) is 0 Å². The molecule has 0 aromatic heterocycles. The molecule has 6 nitrogen and oxygen atoms in total. The van der Waals surface area contributed by atoms with E-state index in [0.29, 0.717) is 11.3 Å². The third-order valence-corrected chi connectivity index (χ3v) is 4.62. The van der Waals surface area contributed by atoms with Crippen LogP contribution in [0.2, 0.25) is 0 Å². The molecule has 1 aliphatic heterocycles. The standard InChI is InChI=1S/C19H29N3O3/c1-5-19(3,4)22-17(23)14-8-10-15(11-9-14)21-18(24)20-13(2)16-7-6-12-25-16/h8-11,13,16H,5-7,12H2,1-4H3,(H,22,23)(H2,20,21,24)/t13-,16-/m1/s1. The number of rotatable bonds is 6. The molecule has 0 bridgehead atoms. The first-order valence-electron chi connectivity index (χ1n) is 8.92. The molecular weight excluding hydrogens is 318 g/mol. The van der Waals surface area contributed by atoms with Crippen molar-refractivity contribution in [3.05, 3.63) is 29.8 Å². The number of nitrogens with one attached hydrogen (secondary N) is 3. The number of carbonyl (C=O) groups excluding carboxylic acids is 2. The van der Waals surface area contributed by atoms with Crippen LogP contribution in [0.4, 0.5) is 10.5 Å².